The van der Waals surface area contributed by atoms with Crippen LogP contribution < -0.4 is 10.1 Å². The molecule has 0 saturated heterocycles. The summed E-state index contributed by atoms with van der Waals surface area (Å²) in [5, 5.41) is 3.06. The van der Waals surface area contributed by atoms with E-state index in [0.717, 1.165) is 0 Å². The van der Waals surface area contributed by atoms with Crippen molar-refractivity contribution in [2.75, 3.05) is 25.5 Å². The fourth-order valence-electron chi connectivity index (χ4n) is 2.46. The molecule has 0 bridgehead atoms. The van der Waals surface area contributed by atoms with E-state index >= 15 is 0 Å². The summed E-state index contributed by atoms with van der Waals surface area (Å²) in [7, 11) is -2.13. The van der Waals surface area contributed by atoms with Crippen molar-refractivity contribution < 1.29 is 17.9 Å². The quantitative estimate of drug-likeness (QED) is 0.775. The largest absolute Gasteiger partial charge is 0.495 e. The molecular weight excluding hydrogens is 376 g/mol. The Morgan fingerprint density at radius 1 is 1.15 bits per heavy atom. The Kier molecular flexibility index (Phi) is 6.63. The Balaban J connectivity index is 2.27. The maximum Gasteiger partial charge on any atom is 0.255 e. The molecule has 6 nitrogen and oxygen atoms in total. The fourth-order valence-corrected chi connectivity index (χ4v) is 4.22. The second-order valence-corrected chi connectivity index (χ2v) is 7.77. The van der Waals surface area contributed by atoms with E-state index in [-0.39, 0.29) is 10.5 Å². The number of methoxy groups -OCH3 is 1. The molecule has 0 unspecified atom stereocenters. The Bertz CT molecular complexity index is 896. The van der Waals surface area contributed by atoms with Crippen LogP contribution in [0.25, 0.3) is 0 Å². The van der Waals surface area contributed by atoms with Gasteiger partial charge in [0.1, 0.15) is 5.75 Å². The summed E-state index contributed by atoms with van der Waals surface area (Å²) < 4.78 is 31.6. The Morgan fingerprint density at radius 2 is 1.85 bits per heavy atom. The van der Waals surface area contributed by atoms with E-state index in [1.807, 2.05) is 0 Å². The number of anilines is 1. The number of carbonyl (C=O) groups excluding carboxylic acids is 1. The summed E-state index contributed by atoms with van der Waals surface area (Å²) >= 11 is 6.05. The van der Waals surface area contributed by atoms with Crippen LogP contribution in [-0.4, -0.2) is 38.8 Å². The summed E-state index contributed by atoms with van der Waals surface area (Å²) in [5.74, 6) is 0.0693. The first-order valence-electron chi connectivity index (χ1n) is 8.08. The number of halogens is 1. The maximum atomic E-state index is 12.6. The van der Waals surface area contributed by atoms with Gasteiger partial charge in [-0.3, -0.25) is 4.79 Å². The highest BCUT2D eigenvalue weighted by molar-refractivity contribution is 7.89. The summed E-state index contributed by atoms with van der Waals surface area (Å²) in [6, 6.07) is 10.8. The van der Waals surface area contributed by atoms with Gasteiger partial charge in [0.15, 0.2) is 0 Å². The van der Waals surface area contributed by atoms with Gasteiger partial charge in [0.2, 0.25) is 10.0 Å². The van der Waals surface area contributed by atoms with Crippen LogP contribution in [0, 0.1) is 0 Å². The molecule has 8 heteroatoms. The van der Waals surface area contributed by atoms with Crippen LogP contribution >= 0.6 is 11.6 Å². The number of benzene rings is 2. The van der Waals surface area contributed by atoms with Gasteiger partial charge in [0, 0.05) is 24.3 Å². The van der Waals surface area contributed by atoms with Gasteiger partial charge < -0.3 is 10.1 Å². The van der Waals surface area contributed by atoms with Crippen LogP contribution in [-0.2, 0) is 10.0 Å². The normalized spacial score (nSPS) is 11.4. The minimum atomic E-state index is -3.63. The van der Waals surface area contributed by atoms with Gasteiger partial charge in [-0.25, -0.2) is 8.42 Å². The molecule has 0 fully saturated rings. The van der Waals surface area contributed by atoms with Crippen molar-refractivity contribution in [3.8, 4) is 5.75 Å². The standard InChI is InChI=1S/C18H21ClN2O4S/c1-4-21(5-2)26(23,24)15-8-6-7-13(11-15)18(22)20-14-9-10-17(25-3)16(19)12-14/h6-12H,4-5H2,1-3H3,(H,20,22). The Hall–Kier alpha value is -2.09. The first-order valence-corrected chi connectivity index (χ1v) is 9.90. The second-order valence-electron chi connectivity index (χ2n) is 5.42. The van der Waals surface area contributed by atoms with Crippen LogP contribution in [0.4, 0.5) is 5.69 Å². The third-order valence-corrected chi connectivity index (χ3v) is 6.19. The number of ether oxygens (including phenoxy) is 1. The number of hydrogen-bond acceptors (Lipinski definition) is 4. The van der Waals surface area contributed by atoms with Gasteiger partial charge in [0.25, 0.3) is 5.91 Å². The van der Waals surface area contributed by atoms with Crippen LogP contribution in [0.3, 0.4) is 0 Å². The molecule has 0 aromatic heterocycles. The maximum absolute atomic E-state index is 12.6. The van der Waals surface area contributed by atoms with Gasteiger partial charge in [0.05, 0.1) is 17.0 Å². The van der Waals surface area contributed by atoms with E-state index in [9.17, 15) is 13.2 Å². The van der Waals surface area contributed by atoms with E-state index in [1.54, 1.807) is 44.2 Å². The van der Waals surface area contributed by atoms with Crippen molar-refractivity contribution in [2.24, 2.45) is 0 Å². The highest BCUT2D eigenvalue weighted by Crippen LogP contribution is 2.27. The molecule has 140 valence electrons. The average molecular weight is 397 g/mol. The second kappa shape index (κ2) is 8.53. The van der Waals surface area contributed by atoms with Crippen molar-refractivity contribution in [2.45, 2.75) is 18.7 Å². The zero-order valence-corrected chi connectivity index (χ0v) is 16.4. The molecule has 26 heavy (non-hydrogen) atoms. The van der Waals surface area contributed by atoms with E-state index in [1.165, 1.54) is 23.5 Å². The van der Waals surface area contributed by atoms with Gasteiger partial charge in [-0.15, -0.1) is 0 Å². The van der Waals surface area contributed by atoms with E-state index in [2.05, 4.69) is 5.32 Å². The number of amides is 1. The summed E-state index contributed by atoms with van der Waals surface area (Å²) in [6.07, 6.45) is 0. The smallest absolute Gasteiger partial charge is 0.255 e. The van der Waals surface area contributed by atoms with Crippen LogP contribution in [0.2, 0.25) is 5.02 Å². The molecule has 0 radical (unpaired) electrons. The molecule has 0 aliphatic heterocycles. The zero-order valence-electron chi connectivity index (χ0n) is 14.8. The third kappa shape index (κ3) is 4.35. The number of rotatable bonds is 7. The lowest BCUT2D eigenvalue weighted by Gasteiger charge is -2.18. The summed E-state index contributed by atoms with van der Waals surface area (Å²) in [5.41, 5.74) is 0.725. The first kappa shape index (κ1) is 20.2. The van der Waals surface area contributed by atoms with Crippen LogP contribution in [0.15, 0.2) is 47.4 Å². The molecule has 0 spiro atoms. The molecule has 0 aliphatic rings. The highest BCUT2D eigenvalue weighted by Gasteiger charge is 2.22. The summed E-state index contributed by atoms with van der Waals surface area (Å²) in [6.45, 7) is 4.26. The topological polar surface area (TPSA) is 75.7 Å². The fraction of sp³-hybridized carbons (Fsp3) is 0.278. The van der Waals surface area contributed by atoms with Gasteiger partial charge in [-0.1, -0.05) is 31.5 Å². The van der Waals surface area contributed by atoms with E-state index in [0.29, 0.717) is 29.5 Å². The monoisotopic (exact) mass is 396 g/mol. The lowest BCUT2D eigenvalue weighted by molar-refractivity contribution is 0.102. The minimum Gasteiger partial charge on any atom is -0.495 e. The average Bonchev–Trinajstić information content (AvgIpc) is 2.63. The molecule has 2 aromatic carbocycles. The molecule has 0 atom stereocenters. The number of hydrogen-bond donors (Lipinski definition) is 1. The van der Waals surface area contributed by atoms with Crippen molar-refractivity contribution in [3.05, 3.63) is 53.1 Å². The molecule has 0 aliphatic carbocycles. The molecule has 2 aromatic rings. The lowest BCUT2D eigenvalue weighted by atomic mass is 10.2. The predicted molar refractivity (Wildman–Crippen MR) is 103 cm³/mol. The van der Waals surface area contributed by atoms with Gasteiger partial charge >= 0.3 is 0 Å². The van der Waals surface area contributed by atoms with E-state index < -0.39 is 15.9 Å². The highest BCUT2D eigenvalue weighted by atomic mass is 35.5. The SMILES string of the molecule is CCN(CC)S(=O)(=O)c1cccc(C(=O)Nc2ccc(OC)c(Cl)c2)c1. The molecular formula is C18H21ClN2O4S. The number of nitrogens with one attached hydrogen (secondary N) is 1. The lowest BCUT2D eigenvalue weighted by Crippen LogP contribution is -2.30. The number of nitrogens with zero attached hydrogens (tertiary/aromatic N) is 1. The van der Waals surface area contributed by atoms with Crippen LogP contribution in [0.5, 0.6) is 5.75 Å². The Labute approximate surface area is 158 Å². The van der Waals surface area contributed by atoms with Crippen molar-refractivity contribution >= 4 is 33.2 Å². The van der Waals surface area contributed by atoms with Crippen molar-refractivity contribution in [1.29, 1.82) is 0 Å². The number of sulfonamides is 1. The molecule has 0 heterocycles. The minimum absolute atomic E-state index is 0.0848. The Morgan fingerprint density at radius 3 is 2.42 bits per heavy atom. The van der Waals surface area contributed by atoms with Gasteiger partial charge in [-0.05, 0) is 36.4 Å². The van der Waals surface area contributed by atoms with Gasteiger partial charge in [-0.2, -0.15) is 4.31 Å². The molecule has 1 N–H and O–H groups in total. The zero-order chi connectivity index (χ0) is 19.3. The first-order chi connectivity index (χ1) is 12.3. The number of carbonyl (C=O) groups is 1. The molecule has 2 rings (SSSR count). The predicted octanol–water partition coefficient (Wildman–Crippen LogP) is 3.63. The summed E-state index contributed by atoms with van der Waals surface area (Å²) in [4.78, 5) is 12.6. The molecule has 1 amide bonds. The van der Waals surface area contributed by atoms with Crippen molar-refractivity contribution in [3.63, 3.8) is 0 Å². The molecule has 0 saturated carbocycles. The third-order valence-electron chi connectivity index (χ3n) is 3.85. The van der Waals surface area contributed by atoms with E-state index in [4.69, 9.17) is 16.3 Å². The van der Waals surface area contributed by atoms with Crippen LogP contribution in [0.1, 0.15) is 24.2 Å². The van der Waals surface area contributed by atoms with Crippen molar-refractivity contribution in [1.82, 2.24) is 4.31 Å².